The highest BCUT2D eigenvalue weighted by Crippen LogP contribution is 2.44. The standard InChI is InChI=1S/C50H56/c1-47(2,3)35-21-17-33(18-22-35)39-27-25-37(49(7,8)9)31-45(39)43-29-30-44(42-16-14-13-15-41(42)43)46-32-38(50(10,11)12)26-28-40(46)34-19-23-36(24-20-34)48(4,5)6/h13-32H,1-12H3. The van der Waals surface area contributed by atoms with Gasteiger partial charge in [-0.2, -0.15) is 0 Å². The Bertz CT molecular complexity index is 1990. The molecule has 0 aliphatic heterocycles. The third kappa shape index (κ3) is 7.09. The lowest BCUT2D eigenvalue weighted by Gasteiger charge is -2.24. The third-order valence-corrected chi connectivity index (χ3v) is 10.4. The molecule has 0 aliphatic carbocycles. The largest absolute Gasteiger partial charge is 0.0616 e. The van der Waals surface area contributed by atoms with Crippen molar-refractivity contribution in [1.82, 2.24) is 0 Å². The van der Waals surface area contributed by atoms with Crippen LogP contribution in [-0.4, -0.2) is 0 Å². The summed E-state index contributed by atoms with van der Waals surface area (Å²) in [6.07, 6.45) is 0. The molecular formula is C50H56. The van der Waals surface area contributed by atoms with Gasteiger partial charge in [-0.3, -0.25) is 0 Å². The lowest BCUT2D eigenvalue weighted by molar-refractivity contribution is 0.590. The average Bonchev–Trinajstić information content (AvgIpc) is 3.06. The lowest BCUT2D eigenvalue weighted by atomic mass is 9.80. The quantitative estimate of drug-likeness (QED) is 0.177. The second-order valence-electron chi connectivity index (χ2n) is 18.4. The number of benzene rings is 6. The van der Waals surface area contributed by atoms with Gasteiger partial charge in [0.15, 0.2) is 0 Å². The van der Waals surface area contributed by atoms with Crippen molar-refractivity contribution >= 4 is 10.8 Å². The van der Waals surface area contributed by atoms with Crippen molar-refractivity contribution in [2.75, 3.05) is 0 Å². The van der Waals surface area contributed by atoms with E-state index in [1.807, 2.05) is 0 Å². The maximum Gasteiger partial charge on any atom is -0.00962 e. The van der Waals surface area contributed by atoms with Gasteiger partial charge in [-0.05, 0) is 111 Å². The summed E-state index contributed by atoms with van der Waals surface area (Å²) in [6.45, 7) is 27.5. The Morgan fingerprint density at radius 1 is 0.260 bits per heavy atom. The summed E-state index contributed by atoms with van der Waals surface area (Å²) in [7, 11) is 0. The first-order valence-corrected chi connectivity index (χ1v) is 18.4. The number of rotatable bonds is 4. The minimum Gasteiger partial charge on any atom is -0.0616 e. The molecule has 0 unspecified atom stereocenters. The molecule has 0 saturated carbocycles. The van der Waals surface area contributed by atoms with Crippen LogP contribution in [0.15, 0.2) is 121 Å². The third-order valence-electron chi connectivity index (χ3n) is 10.4. The van der Waals surface area contributed by atoms with E-state index in [2.05, 4.69) is 204 Å². The normalized spacial score (nSPS) is 12.8. The van der Waals surface area contributed by atoms with Gasteiger partial charge in [-0.15, -0.1) is 0 Å². The molecule has 6 aromatic rings. The van der Waals surface area contributed by atoms with Gasteiger partial charge in [-0.1, -0.05) is 192 Å². The molecule has 0 heteroatoms. The summed E-state index contributed by atoms with van der Waals surface area (Å²) in [5, 5.41) is 2.55. The van der Waals surface area contributed by atoms with Gasteiger partial charge in [0, 0.05) is 0 Å². The number of hydrogen-bond donors (Lipinski definition) is 0. The van der Waals surface area contributed by atoms with Gasteiger partial charge < -0.3 is 0 Å². The van der Waals surface area contributed by atoms with Gasteiger partial charge in [0.1, 0.15) is 0 Å². The molecule has 6 rings (SSSR count). The predicted molar refractivity (Wildman–Crippen MR) is 220 cm³/mol. The fourth-order valence-electron chi connectivity index (χ4n) is 7.04. The first-order chi connectivity index (χ1) is 23.3. The molecule has 0 aliphatic rings. The van der Waals surface area contributed by atoms with Gasteiger partial charge in [0.2, 0.25) is 0 Å². The first kappa shape index (κ1) is 35.4. The zero-order valence-corrected chi connectivity index (χ0v) is 32.5. The number of fused-ring (bicyclic) bond motifs is 1. The molecule has 0 bridgehead atoms. The smallest absolute Gasteiger partial charge is 0.00962 e. The van der Waals surface area contributed by atoms with Crippen LogP contribution in [0.3, 0.4) is 0 Å². The summed E-state index contributed by atoms with van der Waals surface area (Å²) in [6, 6.07) is 46.4. The zero-order chi connectivity index (χ0) is 36.2. The van der Waals surface area contributed by atoms with Crippen LogP contribution in [0, 0.1) is 0 Å². The van der Waals surface area contributed by atoms with Crippen molar-refractivity contribution in [3.05, 3.63) is 144 Å². The summed E-state index contributed by atoms with van der Waals surface area (Å²) < 4.78 is 0. The Hall–Kier alpha value is -4.42. The molecule has 0 N–H and O–H groups in total. The maximum atomic E-state index is 2.44. The summed E-state index contributed by atoms with van der Waals surface area (Å²) in [4.78, 5) is 0. The maximum absolute atomic E-state index is 2.44. The van der Waals surface area contributed by atoms with Crippen LogP contribution >= 0.6 is 0 Å². The summed E-state index contributed by atoms with van der Waals surface area (Å²) in [5.41, 5.74) is 15.8. The molecule has 0 nitrogen and oxygen atoms in total. The van der Waals surface area contributed by atoms with E-state index in [9.17, 15) is 0 Å². The fraction of sp³-hybridized carbons (Fsp3) is 0.320. The van der Waals surface area contributed by atoms with Crippen LogP contribution < -0.4 is 0 Å². The monoisotopic (exact) mass is 656 g/mol. The van der Waals surface area contributed by atoms with E-state index in [1.165, 1.54) is 77.5 Å². The molecule has 50 heavy (non-hydrogen) atoms. The molecule has 0 spiro atoms. The highest BCUT2D eigenvalue weighted by molar-refractivity contribution is 6.08. The Kier molecular flexibility index (Phi) is 9.01. The topological polar surface area (TPSA) is 0 Å². The van der Waals surface area contributed by atoms with Crippen molar-refractivity contribution in [2.45, 2.75) is 105 Å². The molecule has 0 radical (unpaired) electrons. The fourth-order valence-corrected chi connectivity index (χ4v) is 7.04. The Balaban J connectivity index is 1.59. The van der Waals surface area contributed by atoms with Crippen LogP contribution in [0.1, 0.15) is 105 Å². The number of hydrogen-bond acceptors (Lipinski definition) is 0. The van der Waals surface area contributed by atoms with Crippen LogP contribution in [0.2, 0.25) is 0 Å². The molecule has 0 amide bonds. The van der Waals surface area contributed by atoms with E-state index in [0.29, 0.717) is 0 Å². The molecule has 256 valence electrons. The Morgan fingerprint density at radius 2 is 0.540 bits per heavy atom. The Morgan fingerprint density at radius 3 is 0.840 bits per heavy atom. The van der Waals surface area contributed by atoms with E-state index < -0.39 is 0 Å². The van der Waals surface area contributed by atoms with Crippen LogP contribution in [0.5, 0.6) is 0 Å². The van der Waals surface area contributed by atoms with E-state index in [1.54, 1.807) is 0 Å². The van der Waals surface area contributed by atoms with Crippen LogP contribution in [0.25, 0.3) is 55.3 Å². The SMILES string of the molecule is CC(C)(C)c1ccc(-c2ccc(C(C)(C)C)cc2-c2ccc(-c3cc(C(C)(C)C)ccc3-c3ccc(C(C)(C)C)cc3)c3ccccc23)cc1. The highest BCUT2D eigenvalue weighted by atomic mass is 14.3. The van der Waals surface area contributed by atoms with Crippen molar-refractivity contribution in [3.63, 3.8) is 0 Å². The molecule has 0 fully saturated rings. The van der Waals surface area contributed by atoms with Crippen LogP contribution in [-0.2, 0) is 21.7 Å². The predicted octanol–water partition coefficient (Wildman–Crippen LogP) is 14.7. The average molecular weight is 657 g/mol. The van der Waals surface area contributed by atoms with E-state index >= 15 is 0 Å². The van der Waals surface area contributed by atoms with Crippen molar-refractivity contribution in [2.24, 2.45) is 0 Å². The zero-order valence-electron chi connectivity index (χ0n) is 32.5. The second-order valence-corrected chi connectivity index (χ2v) is 18.4. The van der Waals surface area contributed by atoms with Gasteiger partial charge in [0.05, 0.1) is 0 Å². The minimum absolute atomic E-state index is 0.0317. The van der Waals surface area contributed by atoms with Crippen molar-refractivity contribution < 1.29 is 0 Å². The first-order valence-electron chi connectivity index (χ1n) is 18.4. The van der Waals surface area contributed by atoms with Crippen molar-refractivity contribution in [1.29, 1.82) is 0 Å². The highest BCUT2D eigenvalue weighted by Gasteiger charge is 2.22. The van der Waals surface area contributed by atoms with Gasteiger partial charge in [-0.25, -0.2) is 0 Å². The molecule has 0 heterocycles. The van der Waals surface area contributed by atoms with E-state index in [0.717, 1.165) is 0 Å². The molecule has 0 saturated heterocycles. The van der Waals surface area contributed by atoms with Gasteiger partial charge in [0.25, 0.3) is 0 Å². The van der Waals surface area contributed by atoms with Crippen molar-refractivity contribution in [3.8, 4) is 44.5 Å². The Labute approximate surface area is 302 Å². The molecular weight excluding hydrogens is 601 g/mol. The minimum atomic E-state index is 0.0317. The van der Waals surface area contributed by atoms with Crippen LogP contribution in [0.4, 0.5) is 0 Å². The molecule has 6 aromatic carbocycles. The lowest BCUT2D eigenvalue weighted by Crippen LogP contribution is -2.11. The van der Waals surface area contributed by atoms with E-state index in [4.69, 9.17) is 0 Å². The summed E-state index contributed by atoms with van der Waals surface area (Å²) >= 11 is 0. The molecule has 0 aromatic heterocycles. The molecule has 0 atom stereocenters. The van der Waals surface area contributed by atoms with E-state index in [-0.39, 0.29) is 21.7 Å². The van der Waals surface area contributed by atoms with Gasteiger partial charge >= 0.3 is 0 Å². The second kappa shape index (κ2) is 12.7. The summed E-state index contributed by atoms with van der Waals surface area (Å²) in [5.74, 6) is 0.